The van der Waals surface area contributed by atoms with Crippen molar-refractivity contribution in [2.75, 3.05) is 38.2 Å². The van der Waals surface area contributed by atoms with E-state index < -0.39 is 0 Å². The quantitative estimate of drug-likeness (QED) is 0.263. The van der Waals surface area contributed by atoms with Gasteiger partial charge in [0.1, 0.15) is 5.82 Å². The number of ether oxygens (including phenoxy) is 1. The zero-order chi connectivity index (χ0) is 22.2. The number of nitrogens with one attached hydrogen (secondary N) is 2. The summed E-state index contributed by atoms with van der Waals surface area (Å²) in [5.74, 6) is 1.79. The third kappa shape index (κ3) is 7.16. The van der Waals surface area contributed by atoms with Crippen molar-refractivity contribution in [3.63, 3.8) is 0 Å². The summed E-state index contributed by atoms with van der Waals surface area (Å²) >= 11 is 0. The van der Waals surface area contributed by atoms with Crippen LogP contribution < -0.4 is 15.5 Å². The maximum absolute atomic E-state index is 5.64. The number of nitrogens with zero attached hydrogens (tertiary/aromatic N) is 5. The van der Waals surface area contributed by atoms with E-state index in [1.807, 2.05) is 29.2 Å². The van der Waals surface area contributed by atoms with E-state index in [9.17, 15) is 0 Å². The molecule has 9 heteroatoms. The van der Waals surface area contributed by atoms with Gasteiger partial charge >= 0.3 is 0 Å². The molecule has 1 aliphatic heterocycles. The molecule has 3 aromatic rings. The smallest absolute Gasteiger partial charge is 0.191 e. The summed E-state index contributed by atoms with van der Waals surface area (Å²) in [5, 5.41) is 11.0. The summed E-state index contributed by atoms with van der Waals surface area (Å²) in [5.41, 5.74) is 3.50. The number of hydrogen-bond donors (Lipinski definition) is 2. The molecule has 1 aliphatic rings. The van der Waals surface area contributed by atoms with Crippen molar-refractivity contribution in [1.82, 2.24) is 25.4 Å². The first-order valence-electron chi connectivity index (χ1n) is 11.1. The molecule has 1 saturated heterocycles. The third-order valence-corrected chi connectivity index (χ3v) is 5.47. The SMILES string of the molecule is CN=C(NCCc1ccc(-n2cccn2)cc1)NCc1ccnc(N2CCOC(C)C2)c1.I. The molecule has 8 nitrogen and oxygen atoms in total. The minimum absolute atomic E-state index is 0. The first-order valence-corrected chi connectivity index (χ1v) is 11.1. The lowest BCUT2D eigenvalue weighted by molar-refractivity contribution is 0.0529. The van der Waals surface area contributed by atoms with Gasteiger partial charge in [0.05, 0.1) is 18.4 Å². The van der Waals surface area contributed by atoms with Crippen LogP contribution in [0.5, 0.6) is 0 Å². The van der Waals surface area contributed by atoms with Crippen molar-refractivity contribution in [3.8, 4) is 5.69 Å². The van der Waals surface area contributed by atoms with Crippen molar-refractivity contribution in [3.05, 3.63) is 72.2 Å². The van der Waals surface area contributed by atoms with Gasteiger partial charge in [0, 0.05) is 51.8 Å². The molecular weight excluding hydrogens is 529 g/mol. The standard InChI is InChI=1S/C24H31N7O.HI/c1-19-18-30(14-15-32-19)23-16-21(9-11-26-23)17-28-24(25-2)27-12-8-20-4-6-22(7-5-20)31-13-3-10-29-31;/h3-7,9-11,13,16,19H,8,12,14-15,17-18H2,1-2H3,(H2,25,27,28);1H. The molecule has 0 spiro atoms. The Hall–Kier alpha value is -2.66. The molecule has 0 saturated carbocycles. The number of benzene rings is 1. The summed E-state index contributed by atoms with van der Waals surface area (Å²) in [6.45, 7) is 6.08. The molecule has 0 radical (unpaired) electrons. The van der Waals surface area contributed by atoms with Gasteiger partial charge in [-0.15, -0.1) is 24.0 Å². The maximum atomic E-state index is 5.64. The predicted octanol–water partition coefficient (Wildman–Crippen LogP) is 3.02. The molecule has 0 amide bonds. The molecule has 3 heterocycles. The zero-order valence-electron chi connectivity index (χ0n) is 19.1. The topological polar surface area (TPSA) is 79.6 Å². The largest absolute Gasteiger partial charge is 0.375 e. The second-order valence-electron chi connectivity index (χ2n) is 7.87. The first kappa shape index (κ1) is 25.0. The van der Waals surface area contributed by atoms with Crippen LogP contribution in [0.1, 0.15) is 18.1 Å². The van der Waals surface area contributed by atoms with E-state index in [0.29, 0.717) is 6.54 Å². The molecule has 0 bridgehead atoms. The van der Waals surface area contributed by atoms with Crippen LogP contribution >= 0.6 is 24.0 Å². The molecule has 33 heavy (non-hydrogen) atoms. The Bertz CT molecular complexity index is 1010. The van der Waals surface area contributed by atoms with Crippen LogP contribution in [-0.4, -0.2) is 60.1 Å². The fourth-order valence-electron chi connectivity index (χ4n) is 3.74. The van der Waals surface area contributed by atoms with E-state index in [4.69, 9.17) is 4.74 Å². The minimum atomic E-state index is 0. The molecule has 176 valence electrons. The van der Waals surface area contributed by atoms with Gasteiger partial charge in [0.25, 0.3) is 0 Å². The summed E-state index contributed by atoms with van der Waals surface area (Å²) in [6, 6.07) is 14.6. The highest BCUT2D eigenvalue weighted by Gasteiger charge is 2.18. The zero-order valence-corrected chi connectivity index (χ0v) is 21.5. The number of aromatic nitrogens is 3. The van der Waals surface area contributed by atoms with Crippen LogP contribution in [0.3, 0.4) is 0 Å². The van der Waals surface area contributed by atoms with E-state index in [-0.39, 0.29) is 30.1 Å². The fourth-order valence-corrected chi connectivity index (χ4v) is 3.74. The molecule has 2 aromatic heterocycles. The number of guanidine groups is 1. The number of morpholine rings is 1. The van der Waals surface area contributed by atoms with Gasteiger partial charge in [-0.2, -0.15) is 5.10 Å². The van der Waals surface area contributed by atoms with Crippen LogP contribution in [0, 0.1) is 0 Å². The fraction of sp³-hybridized carbons (Fsp3) is 0.375. The molecule has 1 aromatic carbocycles. The Kier molecular flexibility index (Phi) is 9.49. The number of anilines is 1. The Morgan fingerprint density at radius 1 is 1.15 bits per heavy atom. The average molecular weight is 561 g/mol. The van der Waals surface area contributed by atoms with E-state index in [1.54, 1.807) is 13.2 Å². The van der Waals surface area contributed by atoms with E-state index in [0.717, 1.165) is 50.1 Å². The maximum Gasteiger partial charge on any atom is 0.191 e. The molecular formula is C24H32IN7O. The normalized spacial score (nSPS) is 16.2. The molecule has 1 unspecified atom stereocenters. The van der Waals surface area contributed by atoms with Gasteiger partial charge in [-0.25, -0.2) is 9.67 Å². The molecule has 4 rings (SSSR count). The number of pyridine rings is 1. The van der Waals surface area contributed by atoms with Crippen molar-refractivity contribution < 1.29 is 4.74 Å². The summed E-state index contributed by atoms with van der Waals surface area (Å²) in [6.07, 6.45) is 6.74. The van der Waals surface area contributed by atoms with Crippen LogP contribution in [-0.2, 0) is 17.7 Å². The number of hydrogen-bond acceptors (Lipinski definition) is 5. The Morgan fingerprint density at radius 2 is 2.00 bits per heavy atom. The van der Waals surface area contributed by atoms with Crippen LogP contribution in [0.4, 0.5) is 5.82 Å². The van der Waals surface area contributed by atoms with Gasteiger partial charge in [-0.05, 0) is 54.8 Å². The van der Waals surface area contributed by atoms with Gasteiger partial charge in [0.2, 0.25) is 0 Å². The number of aliphatic imine (C=N–C) groups is 1. The highest BCUT2D eigenvalue weighted by molar-refractivity contribution is 14.0. The lowest BCUT2D eigenvalue weighted by atomic mass is 10.1. The second kappa shape index (κ2) is 12.5. The first-order chi connectivity index (χ1) is 15.7. The Balaban J connectivity index is 0.00000306. The van der Waals surface area contributed by atoms with E-state index >= 15 is 0 Å². The predicted molar refractivity (Wildman–Crippen MR) is 143 cm³/mol. The summed E-state index contributed by atoms with van der Waals surface area (Å²) < 4.78 is 7.49. The molecule has 1 fully saturated rings. The lowest BCUT2D eigenvalue weighted by Gasteiger charge is -2.32. The Labute approximate surface area is 212 Å². The number of halogens is 1. The van der Waals surface area contributed by atoms with Gasteiger partial charge in [-0.3, -0.25) is 4.99 Å². The van der Waals surface area contributed by atoms with Gasteiger partial charge in [-0.1, -0.05) is 12.1 Å². The highest BCUT2D eigenvalue weighted by Crippen LogP contribution is 2.16. The second-order valence-corrected chi connectivity index (χ2v) is 7.87. The van der Waals surface area contributed by atoms with Crippen molar-refractivity contribution in [2.24, 2.45) is 4.99 Å². The average Bonchev–Trinajstić information content (AvgIpc) is 3.37. The molecule has 2 N–H and O–H groups in total. The third-order valence-electron chi connectivity index (χ3n) is 5.47. The van der Waals surface area contributed by atoms with Gasteiger partial charge in [0.15, 0.2) is 5.96 Å². The van der Waals surface area contributed by atoms with Crippen molar-refractivity contribution in [2.45, 2.75) is 26.0 Å². The summed E-state index contributed by atoms with van der Waals surface area (Å²) in [7, 11) is 1.79. The minimum Gasteiger partial charge on any atom is -0.375 e. The molecule has 1 atom stereocenters. The van der Waals surface area contributed by atoms with Crippen LogP contribution in [0.25, 0.3) is 5.69 Å². The van der Waals surface area contributed by atoms with Crippen molar-refractivity contribution >= 4 is 35.8 Å². The van der Waals surface area contributed by atoms with E-state index in [2.05, 4.69) is 67.9 Å². The van der Waals surface area contributed by atoms with Crippen LogP contribution in [0.15, 0.2) is 66.0 Å². The van der Waals surface area contributed by atoms with E-state index in [1.165, 1.54) is 11.1 Å². The van der Waals surface area contributed by atoms with Crippen molar-refractivity contribution in [1.29, 1.82) is 0 Å². The van der Waals surface area contributed by atoms with Gasteiger partial charge < -0.3 is 20.3 Å². The monoisotopic (exact) mass is 561 g/mol. The Morgan fingerprint density at radius 3 is 2.73 bits per heavy atom. The summed E-state index contributed by atoms with van der Waals surface area (Å²) in [4.78, 5) is 11.2. The molecule has 0 aliphatic carbocycles. The highest BCUT2D eigenvalue weighted by atomic mass is 127. The number of rotatable bonds is 7. The lowest BCUT2D eigenvalue weighted by Crippen LogP contribution is -2.41. The van der Waals surface area contributed by atoms with Crippen LogP contribution in [0.2, 0.25) is 0 Å².